The molecule has 3 rings (SSSR count). The molecule has 2 N–H and O–H groups in total. The van der Waals surface area contributed by atoms with Crippen LogP contribution in [0.25, 0.3) is 0 Å². The fourth-order valence-corrected chi connectivity index (χ4v) is 4.20. The highest BCUT2D eigenvalue weighted by Crippen LogP contribution is 2.40. The van der Waals surface area contributed by atoms with Crippen molar-refractivity contribution in [2.75, 3.05) is 12.4 Å². The van der Waals surface area contributed by atoms with Gasteiger partial charge in [0.25, 0.3) is 11.8 Å². The molecule has 0 bridgehead atoms. The molecular weight excluding hydrogens is 398 g/mol. The zero-order chi connectivity index (χ0) is 20.6. The zero-order valence-corrected chi connectivity index (χ0v) is 15.2. The highest BCUT2D eigenvalue weighted by Gasteiger charge is 2.54. The predicted octanol–water partition coefficient (Wildman–Crippen LogP) is 0.880. The van der Waals surface area contributed by atoms with E-state index in [1.54, 1.807) is 0 Å². The molecule has 1 fully saturated rings. The third kappa shape index (κ3) is 3.57. The Bertz CT molecular complexity index is 919. The van der Waals surface area contributed by atoms with Crippen LogP contribution in [0.4, 0.5) is 8.78 Å². The molecule has 2 aliphatic heterocycles. The van der Waals surface area contributed by atoms with Gasteiger partial charge in [0.2, 0.25) is 0 Å². The first kappa shape index (κ1) is 19.8. The minimum atomic E-state index is -1.37. The number of nitrogens with one attached hydrogen (secondary N) is 1. The Morgan fingerprint density at radius 1 is 1.36 bits per heavy atom. The summed E-state index contributed by atoms with van der Waals surface area (Å²) in [5.41, 5.74) is -0.474. The van der Waals surface area contributed by atoms with E-state index >= 15 is 0 Å². The van der Waals surface area contributed by atoms with Crippen molar-refractivity contribution >= 4 is 35.5 Å². The van der Waals surface area contributed by atoms with Crippen LogP contribution in [0.3, 0.4) is 0 Å². The summed E-state index contributed by atoms with van der Waals surface area (Å²) in [6.07, 6.45) is 0. The number of hydrogen-bond donors (Lipinski definition) is 2. The average molecular weight is 412 g/mol. The normalized spacial score (nSPS) is 21.0. The summed E-state index contributed by atoms with van der Waals surface area (Å²) in [5, 5.41) is 11.1. The van der Waals surface area contributed by atoms with E-state index in [0.29, 0.717) is 6.07 Å². The number of β-lactam (4-membered cyclic amide) rings is 1. The van der Waals surface area contributed by atoms with Gasteiger partial charge in [-0.3, -0.25) is 19.3 Å². The Balaban J connectivity index is 1.77. The highest BCUT2D eigenvalue weighted by molar-refractivity contribution is 8.00. The van der Waals surface area contributed by atoms with Crippen molar-refractivity contribution in [2.24, 2.45) is 0 Å². The maximum absolute atomic E-state index is 13.7. The largest absolute Gasteiger partial charge is 0.477 e. The van der Waals surface area contributed by atoms with Crippen molar-refractivity contribution in [3.63, 3.8) is 0 Å². The number of nitrogens with zero attached hydrogens (tertiary/aromatic N) is 1. The molecule has 2 aliphatic rings. The van der Waals surface area contributed by atoms with E-state index in [-0.39, 0.29) is 23.6 Å². The van der Waals surface area contributed by atoms with Crippen LogP contribution in [0.5, 0.6) is 0 Å². The maximum atomic E-state index is 13.7. The van der Waals surface area contributed by atoms with E-state index in [4.69, 9.17) is 4.74 Å². The van der Waals surface area contributed by atoms with Crippen LogP contribution >= 0.6 is 11.8 Å². The molecule has 0 aliphatic carbocycles. The number of carbonyl (C=O) groups excluding carboxylic acids is 3. The fraction of sp³-hybridized carbons (Fsp3) is 0.294. The molecule has 8 nitrogen and oxygen atoms in total. The molecule has 2 amide bonds. The summed E-state index contributed by atoms with van der Waals surface area (Å²) < 4.78 is 31.5. The van der Waals surface area contributed by atoms with Gasteiger partial charge in [0.1, 0.15) is 35.4 Å². The lowest BCUT2D eigenvalue weighted by molar-refractivity contribution is -0.149. The number of carbonyl (C=O) groups is 4. The van der Waals surface area contributed by atoms with Gasteiger partial charge in [-0.1, -0.05) is 0 Å². The number of esters is 1. The van der Waals surface area contributed by atoms with E-state index in [2.05, 4.69) is 5.32 Å². The quantitative estimate of drug-likeness (QED) is 0.545. The molecule has 1 saturated heterocycles. The number of carboxylic acid groups (broad SMARTS) is 1. The number of hydrogen-bond acceptors (Lipinski definition) is 6. The first-order valence-corrected chi connectivity index (χ1v) is 9.05. The lowest BCUT2D eigenvalue weighted by Gasteiger charge is -2.49. The van der Waals surface area contributed by atoms with Gasteiger partial charge in [0.15, 0.2) is 0 Å². The molecular formula is C17H14F2N2O6S. The Kier molecular flexibility index (Phi) is 5.36. The number of rotatable bonds is 5. The van der Waals surface area contributed by atoms with Crippen LogP contribution in [-0.4, -0.2) is 57.5 Å². The Hall–Kier alpha value is -2.95. The molecule has 1 aromatic rings. The molecule has 148 valence electrons. The topological polar surface area (TPSA) is 113 Å². The van der Waals surface area contributed by atoms with Gasteiger partial charge in [0.05, 0.1) is 5.56 Å². The summed E-state index contributed by atoms with van der Waals surface area (Å²) in [7, 11) is 0. The van der Waals surface area contributed by atoms with E-state index < -0.39 is 52.4 Å². The van der Waals surface area contributed by atoms with Gasteiger partial charge >= 0.3 is 11.9 Å². The van der Waals surface area contributed by atoms with E-state index in [1.165, 1.54) is 18.7 Å². The van der Waals surface area contributed by atoms with Crippen LogP contribution in [0.15, 0.2) is 29.5 Å². The minimum Gasteiger partial charge on any atom is -0.477 e. The summed E-state index contributed by atoms with van der Waals surface area (Å²) in [6.45, 7) is 0.910. The maximum Gasteiger partial charge on any atom is 0.352 e. The number of amides is 2. The molecule has 11 heteroatoms. The smallest absolute Gasteiger partial charge is 0.352 e. The lowest BCUT2D eigenvalue weighted by Crippen LogP contribution is -2.70. The highest BCUT2D eigenvalue weighted by atomic mass is 32.2. The third-order valence-corrected chi connectivity index (χ3v) is 5.50. The summed E-state index contributed by atoms with van der Waals surface area (Å²) >= 11 is 1.17. The molecule has 0 aromatic heterocycles. The van der Waals surface area contributed by atoms with E-state index in [0.717, 1.165) is 17.0 Å². The molecule has 28 heavy (non-hydrogen) atoms. The van der Waals surface area contributed by atoms with E-state index in [1.807, 2.05) is 0 Å². The fourth-order valence-electron chi connectivity index (χ4n) is 2.88. The number of halogens is 2. The molecule has 0 spiro atoms. The second kappa shape index (κ2) is 7.58. The predicted molar refractivity (Wildman–Crippen MR) is 92.0 cm³/mol. The Morgan fingerprint density at radius 3 is 2.68 bits per heavy atom. The van der Waals surface area contributed by atoms with Gasteiger partial charge < -0.3 is 15.2 Å². The van der Waals surface area contributed by atoms with Gasteiger partial charge in [-0.05, 0) is 12.1 Å². The van der Waals surface area contributed by atoms with Crippen LogP contribution < -0.4 is 5.32 Å². The SMILES string of the molecule is CC(=O)OCC1=C(C(=O)O)N2C(=O)[C@@H](NC(=O)c3ccc(F)cc3F)[C@H]2SC1. The first-order chi connectivity index (χ1) is 13.2. The molecule has 2 atom stereocenters. The number of fused-ring (bicyclic) bond motifs is 1. The second-order valence-corrected chi connectivity index (χ2v) is 7.13. The summed E-state index contributed by atoms with van der Waals surface area (Å²) in [5.74, 6) is -5.32. The molecule has 1 aromatic carbocycles. The number of ether oxygens (including phenoxy) is 1. The number of benzene rings is 1. The van der Waals surface area contributed by atoms with Crippen molar-refractivity contribution in [3.05, 3.63) is 46.7 Å². The first-order valence-electron chi connectivity index (χ1n) is 8.00. The zero-order valence-electron chi connectivity index (χ0n) is 14.4. The number of aliphatic carboxylic acids is 1. The monoisotopic (exact) mass is 412 g/mol. The molecule has 0 saturated carbocycles. The Labute approximate surface area is 161 Å². The minimum absolute atomic E-state index is 0.167. The van der Waals surface area contributed by atoms with Crippen molar-refractivity contribution in [2.45, 2.75) is 18.3 Å². The van der Waals surface area contributed by atoms with Crippen LogP contribution in [0, 0.1) is 11.6 Å². The average Bonchev–Trinajstić information content (AvgIpc) is 2.63. The third-order valence-electron chi connectivity index (χ3n) is 4.16. The second-order valence-electron chi connectivity index (χ2n) is 6.02. The van der Waals surface area contributed by atoms with Crippen LogP contribution in [-0.2, 0) is 19.1 Å². The van der Waals surface area contributed by atoms with E-state index in [9.17, 15) is 33.1 Å². The number of thioether (sulfide) groups is 1. The van der Waals surface area contributed by atoms with Crippen LogP contribution in [0.2, 0.25) is 0 Å². The van der Waals surface area contributed by atoms with Gasteiger partial charge in [-0.15, -0.1) is 11.8 Å². The van der Waals surface area contributed by atoms with Gasteiger partial charge in [-0.2, -0.15) is 0 Å². The van der Waals surface area contributed by atoms with Crippen LogP contribution in [0.1, 0.15) is 17.3 Å². The van der Waals surface area contributed by atoms with Crippen molar-refractivity contribution in [1.29, 1.82) is 0 Å². The van der Waals surface area contributed by atoms with Crippen molar-refractivity contribution in [3.8, 4) is 0 Å². The van der Waals surface area contributed by atoms with Crippen molar-refractivity contribution < 1.29 is 37.8 Å². The van der Waals surface area contributed by atoms with Crippen molar-refractivity contribution in [1.82, 2.24) is 10.2 Å². The standard InChI is InChI=1S/C17H14F2N2O6S/c1-7(22)27-5-8-6-28-16-12(15(24)21(16)13(8)17(25)26)20-14(23)10-3-2-9(18)4-11(10)19/h2-4,12,16H,5-6H2,1H3,(H,20,23)(H,25,26)/t12-,16-/m1/s1. The summed E-state index contributed by atoms with van der Waals surface area (Å²) in [4.78, 5) is 48.2. The van der Waals surface area contributed by atoms with Gasteiger partial charge in [0, 0.05) is 24.3 Å². The summed E-state index contributed by atoms with van der Waals surface area (Å²) in [6, 6.07) is 1.35. The number of carboxylic acids is 1. The molecule has 2 heterocycles. The molecule has 0 unspecified atom stereocenters. The lowest BCUT2D eigenvalue weighted by atomic mass is 10.0. The molecule has 0 radical (unpaired) electrons. The van der Waals surface area contributed by atoms with Gasteiger partial charge in [-0.25, -0.2) is 13.6 Å². The Morgan fingerprint density at radius 2 is 2.07 bits per heavy atom.